The minimum Gasteiger partial charge on any atom is -0.495 e. The van der Waals surface area contributed by atoms with Crippen molar-refractivity contribution < 1.29 is 17.9 Å². The fourth-order valence-electron chi connectivity index (χ4n) is 2.50. The molecule has 2 rings (SSSR count). The van der Waals surface area contributed by atoms with Crippen molar-refractivity contribution in [1.29, 1.82) is 0 Å². The van der Waals surface area contributed by atoms with Crippen LogP contribution in [0.25, 0.3) is 0 Å². The fourth-order valence-corrected chi connectivity index (χ4v) is 3.42. The number of hydrogen-bond donors (Lipinski definition) is 3. The van der Waals surface area contributed by atoms with Crippen molar-refractivity contribution in [3.63, 3.8) is 0 Å². The Kier molecular flexibility index (Phi) is 6.55. The summed E-state index contributed by atoms with van der Waals surface area (Å²) in [5.41, 5.74) is 0.282. The minimum absolute atomic E-state index is 0.0535. The van der Waals surface area contributed by atoms with Gasteiger partial charge in [0.15, 0.2) is 0 Å². The summed E-state index contributed by atoms with van der Waals surface area (Å²) in [4.78, 5) is 14.5. The molecule has 1 saturated heterocycles. The van der Waals surface area contributed by atoms with Crippen LogP contribution in [0.2, 0.25) is 0 Å². The standard InChI is InChI=1S/C15H24N4O4S/c1-16-24(21,22)14-11-12(3-4-13(14)23-2)15(20)18-7-10-19-8-5-17-6-9-19/h3-4,11,16-17H,5-10H2,1-2H3,(H,18,20). The Balaban J connectivity index is 2.02. The molecule has 0 unspecified atom stereocenters. The highest BCUT2D eigenvalue weighted by Crippen LogP contribution is 2.24. The number of nitrogens with one attached hydrogen (secondary N) is 3. The van der Waals surface area contributed by atoms with Crippen LogP contribution < -0.4 is 20.1 Å². The number of benzene rings is 1. The summed E-state index contributed by atoms with van der Waals surface area (Å²) in [6.07, 6.45) is 0. The van der Waals surface area contributed by atoms with Crippen molar-refractivity contribution in [2.75, 3.05) is 53.4 Å². The van der Waals surface area contributed by atoms with Gasteiger partial charge in [-0.1, -0.05) is 0 Å². The van der Waals surface area contributed by atoms with E-state index in [4.69, 9.17) is 4.74 Å². The number of hydrogen-bond acceptors (Lipinski definition) is 6. The molecule has 3 N–H and O–H groups in total. The van der Waals surface area contributed by atoms with Crippen molar-refractivity contribution in [2.45, 2.75) is 4.90 Å². The van der Waals surface area contributed by atoms with E-state index in [2.05, 4.69) is 20.3 Å². The highest BCUT2D eigenvalue weighted by molar-refractivity contribution is 7.89. The average Bonchev–Trinajstić information content (AvgIpc) is 2.62. The summed E-state index contributed by atoms with van der Waals surface area (Å²) >= 11 is 0. The molecule has 1 aliphatic rings. The van der Waals surface area contributed by atoms with Gasteiger partial charge in [0.1, 0.15) is 10.6 Å². The minimum atomic E-state index is -3.70. The Morgan fingerprint density at radius 1 is 1.33 bits per heavy atom. The average molecular weight is 356 g/mol. The van der Waals surface area contributed by atoms with E-state index in [9.17, 15) is 13.2 Å². The third-order valence-electron chi connectivity index (χ3n) is 3.91. The summed E-state index contributed by atoms with van der Waals surface area (Å²) in [6, 6.07) is 4.36. The van der Waals surface area contributed by atoms with Crippen molar-refractivity contribution in [3.05, 3.63) is 23.8 Å². The van der Waals surface area contributed by atoms with Crippen LogP contribution in [0.5, 0.6) is 5.75 Å². The SMILES string of the molecule is CNS(=O)(=O)c1cc(C(=O)NCCN2CCNCC2)ccc1OC. The van der Waals surface area contributed by atoms with Crippen LogP contribution in [0.1, 0.15) is 10.4 Å². The maximum Gasteiger partial charge on any atom is 0.251 e. The lowest BCUT2D eigenvalue weighted by molar-refractivity contribution is 0.0947. The molecule has 134 valence electrons. The number of carbonyl (C=O) groups excluding carboxylic acids is 1. The molecular weight excluding hydrogens is 332 g/mol. The first kappa shape index (κ1) is 18.7. The zero-order valence-corrected chi connectivity index (χ0v) is 14.8. The molecule has 0 bridgehead atoms. The largest absolute Gasteiger partial charge is 0.495 e. The molecule has 1 amide bonds. The molecule has 0 aromatic heterocycles. The third kappa shape index (κ3) is 4.67. The Morgan fingerprint density at radius 3 is 2.67 bits per heavy atom. The lowest BCUT2D eigenvalue weighted by Crippen LogP contribution is -2.46. The first-order valence-electron chi connectivity index (χ1n) is 7.81. The smallest absolute Gasteiger partial charge is 0.251 e. The van der Waals surface area contributed by atoms with Gasteiger partial charge in [-0.15, -0.1) is 0 Å². The molecule has 9 heteroatoms. The number of ether oxygens (including phenoxy) is 1. The van der Waals surface area contributed by atoms with E-state index in [0.29, 0.717) is 6.54 Å². The fraction of sp³-hybridized carbons (Fsp3) is 0.533. The Hall–Kier alpha value is -1.68. The number of amides is 1. The van der Waals surface area contributed by atoms with E-state index >= 15 is 0 Å². The van der Waals surface area contributed by atoms with Gasteiger partial charge in [0.05, 0.1) is 7.11 Å². The number of methoxy groups -OCH3 is 1. The maximum atomic E-state index is 12.3. The second-order valence-electron chi connectivity index (χ2n) is 5.42. The summed E-state index contributed by atoms with van der Waals surface area (Å²) in [5.74, 6) is -0.109. The molecule has 0 radical (unpaired) electrons. The van der Waals surface area contributed by atoms with E-state index in [-0.39, 0.29) is 22.1 Å². The monoisotopic (exact) mass is 356 g/mol. The van der Waals surface area contributed by atoms with Crippen LogP contribution in [0, 0.1) is 0 Å². The van der Waals surface area contributed by atoms with Crippen molar-refractivity contribution in [3.8, 4) is 5.75 Å². The van der Waals surface area contributed by atoms with E-state index in [1.807, 2.05) is 0 Å². The molecule has 24 heavy (non-hydrogen) atoms. The van der Waals surface area contributed by atoms with Gasteiger partial charge in [-0.25, -0.2) is 13.1 Å². The van der Waals surface area contributed by atoms with Crippen LogP contribution in [0.4, 0.5) is 0 Å². The number of sulfonamides is 1. The second-order valence-corrected chi connectivity index (χ2v) is 7.28. The molecule has 0 saturated carbocycles. The zero-order chi connectivity index (χ0) is 17.6. The van der Waals surface area contributed by atoms with Gasteiger partial charge in [0.25, 0.3) is 5.91 Å². The summed E-state index contributed by atoms with van der Waals surface area (Å²) in [6.45, 7) is 5.12. The van der Waals surface area contributed by atoms with Crippen molar-refractivity contribution in [2.24, 2.45) is 0 Å². The predicted octanol–water partition coefficient (Wildman–Crippen LogP) is -0.762. The van der Waals surface area contributed by atoms with Crippen molar-refractivity contribution in [1.82, 2.24) is 20.3 Å². The number of piperazine rings is 1. The molecule has 1 aliphatic heterocycles. The van der Waals surface area contributed by atoms with E-state index in [0.717, 1.165) is 32.7 Å². The molecule has 8 nitrogen and oxygen atoms in total. The molecular formula is C15H24N4O4S. The van der Waals surface area contributed by atoms with Crippen LogP contribution >= 0.6 is 0 Å². The van der Waals surface area contributed by atoms with E-state index < -0.39 is 10.0 Å². The first-order chi connectivity index (χ1) is 11.5. The van der Waals surface area contributed by atoms with Crippen LogP contribution in [-0.4, -0.2) is 72.7 Å². The molecule has 0 spiro atoms. The topological polar surface area (TPSA) is 99.8 Å². The Labute approximate surface area is 142 Å². The number of carbonyl (C=O) groups is 1. The molecule has 1 heterocycles. The highest BCUT2D eigenvalue weighted by Gasteiger charge is 2.20. The highest BCUT2D eigenvalue weighted by atomic mass is 32.2. The molecule has 1 aromatic carbocycles. The van der Waals surface area contributed by atoms with Gasteiger partial charge >= 0.3 is 0 Å². The maximum absolute atomic E-state index is 12.3. The summed E-state index contributed by atoms with van der Waals surface area (Å²) < 4.78 is 31.4. The molecule has 1 fully saturated rings. The van der Waals surface area contributed by atoms with Gasteiger partial charge in [-0.05, 0) is 25.2 Å². The van der Waals surface area contributed by atoms with Gasteiger partial charge in [-0.2, -0.15) is 0 Å². The summed E-state index contributed by atoms with van der Waals surface area (Å²) in [7, 11) is -1.00. The predicted molar refractivity (Wildman–Crippen MR) is 90.9 cm³/mol. The quantitative estimate of drug-likeness (QED) is 0.594. The zero-order valence-electron chi connectivity index (χ0n) is 14.0. The summed E-state index contributed by atoms with van der Waals surface area (Å²) in [5, 5.41) is 6.10. The van der Waals surface area contributed by atoms with Gasteiger partial charge < -0.3 is 15.4 Å². The van der Waals surface area contributed by atoms with E-state index in [1.165, 1.54) is 26.3 Å². The molecule has 0 aliphatic carbocycles. The van der Waals surface area contributed by atoms with Crippen LogP contribution in [0.3, 0.4) is 0 Å². The third-order valence-corrected chi connectivity index (χ3v) is 5.34. The first-order valence-corrected chi connectivity index (χ1v) is 9.29. The molecule has 0 atom stereocenters. The Morgan fingerprint density at radius 2 is 2.04 bits per heavy atom. The lowest BCUT2D eigenvalue weighted by atomic mass is 10.2. The van der Waals surface area contributed by atoms with Gasteiger partial charge in [-0.3, -0.25) is 9.69 Å². The van der Waals surface area contributed by atoms with E-state index in [1.54, 1.807) is 6.07 Å². The van der Waals surface area contributed by atoms with Gasteiger partial charge in [0, 0.05) is 44.8 Å². The van der Waals surface area contributed by atoms with Crippen LogP contribution in [-0.2, 0) is 10.0 Å². The number of rotatable bonds is 7. The lowest BCUT2D eigenvalue weighted by Gasteiger charge is -2.27. The molecule has 1 aromatic rings. The van der Waals surface area contributed by atoms with Gasteiger partial charge in [0.2, 0.25) is 10.0 Å². The normalized spacial score (nSPS) is 15.9. The Bertz CT molecular complexity index is 672. The van der Waals surface area contributed by atoms with Crippen molar-refractivity contribution >= 4 is 15.9 Å². The van der Waals surface area contributed by atoms with Crippen LogP contribution in [0.15, 0.2) is 23.1 Å². The second kappa shape index (κ2) is 8.43. The number of nitrogens with zero attached hydrogens (tertiary/aromatic N) is 1.